The summed E-state index contributed by atoms with van der Waals surface area (Å²) in [5, 5.41) is 12.5. The molecule has 9 aromatic carbocycles. The van der Waals surface area contributed by atoms with E-state index in [9.17, 15) is 0 Å². The Labute approximate surface area is 322 Å². The summed E-state index contributed by atoms with van der Waals surface area (Å²) in [6, 6.07) is 59.6. The third-order valence-electron chi connectivity index (χ3n) is 11.4. The van der Waals surface area contributed by atoms with Gasteiger partial charge in [-0.2, -0.15) is 0 Å². The van der Waals surface area contributed by atoms with Gasteiger partial charge in [-0.3, -0.25) is 0 Å². The van der Waals surface area contributed by atoms with Gasteiger partial charge >= 0.3 is 0 Å². The van der Waals surface area contributed by atoms with Gasteiger partial charge in [-0.1, -0.05) is 140 Å². The number of rotatable bonds is 5. The van der Waals surface area contributed by atoms with Gasteiger partial charge in [0, 0.05) is 30.9 Å². The number of fused-ring (bicyclic) bond motifs is 10. The summed E-state index contributed by atoms with van der Waals surface area (Å²) in [5.74, 6) is 0. The lowest BCUT2D eigenvalue weighted by Crippen LogP contribution is -1.91. The highest BCUT2D eigenvalue weighted by molar-refractivity contribution is 7.26. The van der Waals surface area contributed by atoms with Crippen LogP contribution in [0.25, 0.3) is 108 Å². The van der Waals surface area contributed by atoms with Crippen molar-refractivity contribution in [2.45, 2.75) is 6.92 Å². The van der Waals surface area contributed by atoms with Gasteiger partial charge in [0.25, 0.3) is 0 Å². The van der Waals surface area contributed by atoms with Crippen LogP contribution >= 0.6 is 11.3 Å². The lowest BCUT2D eigenvalue weighted by Gasteiger charge is -2.18. The quantitative estimate of drug-likeness (QED) is 0.0981. The second-order valence-electron chi connectivity index (χ2n) is 14.5. The molecule has 11 aromatic rings. The standard InChI is InChI=1S/C53H34OS/c1-3-33(29-38-31-50-46(28-32(38)2)53-39-13-5-4-12-35(39)25-27-49(53)55-50)34-20-22-36(23-21-34)51-41-15-6-8-17-43(41)52(44-18-9-7-16-42(44)51)37-24-26-48-45(30-37)40-14-10-11-19-47(40)54-48/h3-31H,1H2,2H3/b33-29+. The number of para-hydroxylation sites is 1. The van der Waals surface area contributed by atoms with Gasteiger partial charge in [-0.15, -0.1) is 11.3 Å². The Morgan fingerprint density at radius 3 is 1.82 bits per heavy atom. The number of furan rings is 1. The highest BCUT2D eigenvalue weighted by atomic mass is 32.1. The minimum atomic E-state index is 0.910. The van der Waals surface area contributed by atoms with E-state index < -0.39 is 0 Å². The molecule has 0 N–H and O–H groups in total. The molecule has 258 valence electrons. The molecule has 0 amide bonds. The molecule has 2 heterocycles. The molecule has 0 unspecified atom stereocenters. The lowest BCUT2D eigenvalue weighted by atomic mass is 9.85. The molecule has 0 spiro atoms. The largest absolute Gasteiger partial charge is 0.456 e. The fraction of sp³-hybridized carbons (Fsp3) is 0.0189. The third kappa shape index (κ3) is 4.99. The molecular formula is C53H34OS. The van der Waals surface area contributed by atoms with Crippen LogP contribution in [0.3, 0.4) is 0 Å². The molecule has 0 fully saturated rings. The number of aryl methyl sites for hydroxylation is 1. The summed E-state index contributed by atoms with van der Waals surface area (Å²) in [6.45, 7) is 6.48. The van der Waals surface area contributed by atoms with Crippen molar-refractivity contribution in [2.75, 3.05) is 0 Å². The molecule has 0 saturated heterocycles. The Morgan fingerprint density at radius 2 is 1.11 bits per heavy atom. The van der Waals surface area contributed by atoms with Gasteiger partial charge in [0.05, 0.1) is 0 Å². The van der Waals surface area contributed by atoms with Crippen molar-refractivity contribution in [3.63, 3.8) is 0 Å². The smallest absolute Gasteiger partial charge is 0.135 e. The zero-order valence-electron chi connectivity index (χ0n) is 30.3. The lowest BCUT2D eigenvalue weighted by molar-refractivity contribution is 0.669. The number of benzene rings is 9. The number of allylic oxidation sites excluding steroid dienone is 2. The van der Waals surface area contributed by atoms with Crippen LogP contribution in [0.4, 0.5) is 0 Å². The van der Waals surface area contributed by atoms with Crippen LogP contribution in [0, 0.1) is 6.92 Å². The Kier molecular flexibility index (Phi) is 7.17. The van der Waals surface area contributed by atoms with Crippen LogP contribution in [0.2, 0.25) is 0 Å². The maximum Gasteiger partial charge on any atom is 0.135 e. The second kappa shape index (κ2) is 12.4. The van der Waals surface area contributed by atoms with Crippen molar-refractivity contribution >= 4 is 97.4 Å². The normalized spacial score (nSPS) is 12.3. The minimum Gasteiger partial charge on any atom is -0.456 e. The van der Waals surface area contributed by atoms with Gasteiger partial charge in [0.15, 0.2) is 0 Å². The Bertz CT molecular complexity index is 3330. The van der Waals surface area contributed by atoms with Crippen LogP contribution in [0.15, 0.2) is 181 Å². The molecule has 0 bridgehead atoms. The average Bonchev–Trinajstić information content (AvgIpc) is 3.79. The summed E-state index contributed by atoms with van der Waals surface area (Å²) in [5.41, 5.74) is 11.4. The van der Waals surface area contributed by atoms with Crippen LogP contribution in [0.1, 0.15) is 16.7 Å². The first kappa shape index (κ1) is 31.8. The zero-order valence-corrected chi connectivity index (χ0v) is 31.1. The van der Waals surface area contributed by atoms with Gasteiger partial charge in [0.1, 0.15) is 11.2 Å². The monoisotopic (exact) mass is 718 g/mol. The van der Waals surface area contributed by atoms with E-state index in [1.807, 2.05) is 29.5 Å². The van der Waals surface area contributed by atoms with Crippen LogP contribution < -0.4 is 0 Å². The predicted octanol–water partition coefficient (Wildman–Crippen LogP) is 15.8. The molecule has 0 aliphatic rings. The van der Waals surface area contributed by atoms with Crippen molar-refractivity contribution in [3.05, 3.63) is 193 Å². The minimum absolute atomic E-state index is 0.910. The molecule has 2 aromatic heterocycles. The zero-order chi connectivity index (χ0) is 36.6. The number of hydrogen-bond acceptors (Lipinski definition) is 2. The summed E-state index contributed by atoms with van der Waals surface area (Å²) < 4.78 is 8.84. The molecule has 1 nitrogen and oxygen atoms in total. The summed E-state index contributed by atoms with van der Waals surface area (Å²) >= 11 is 1.87. The SMILES string of the molecule is C=C/C(=C\c1cc2sc3ccc4ccccc4c3c2cc1C)c1ccc(-c2c3ccccc3c(-c3ccc4oc5ccccc5c4c3)c3ccccc23)cc1. The molecule has 0 atom stereocenters. The topological polar surface area (TPSA) is 13.1 Å². The van der Waals surface area contributed by atoms with E-state index in [2.05, 4.69) is 171 Å². The fourth-order valence-corrected chi connectivity index (χ4v) is 9.91. The van der Waals surface area contributed by atoms with Gasteiger partial charge in [-0.05, 0) is 126 Å². The summed E-state index contributed by atoms with van der Waals surface area (Å²) in [6.07, 6.45) is 4.27. The summed E-state index contributed by atoms with van der Waals surface area (Å²) in [4.78, 5) is 0. The Morgan fingerprint density at radius 1 is 0.509 bits per heavy atom. The first-order valence-corrected chi connectivity index (χ1v) is 19.6. The molecule has 0 aliphatic carbocycles. The Hall–Kier alpha value is -6.74. The molecule has 2 heteroatoms. The highest BCUT2D eigenvalue weighted by Gasteiger charge is 2.18. The molecule has 0 saturated carbocycles. The third-order valence-corrected chi connectivity index (χ3v) is 12.5. The van der Waals surface area contributed by atoms with E-state index in [4.69, 9.17) is 4.42 Å². The van der Waals surface area contributed by atoms with Crippen LogP contribution in [-0.2, 0) is 0 Å². The van der Waals surface area contributed by atoms with Gasteiger partial charge in [-0.25, -0.2) is 0 Å². The first-order valence-electron chi connectivity index (χ1n) is 18.8. The van der Waals surface area contributed by atoms with Crippen molar-refractivity contribution in [3.8, 4) is 22.3 Å². The average molecular weight is 719 g/mol. The van der Waals surface area contributed by atoms with E-state index in [-0.39, 0.29) is 0 Å². The number of hydrogen-bond donors (Lipinski definition) is 0. The molecule has 0 radical (unpaired) electrons. The van der Waals surface area contributed by atoms with Gasteiger partial charge < -0.3 is 4.42 Å². The van der Waals surface area contributed by atoms with E-state index in [1.54, 1.807) is 0 Å². The summed E-state index contributed by atoms with van der Waals surface area (Å²) in [7, 11) is 0. The molecule has 55 heavy (non-hydrogen) atoms. The van der Waals surface area contributed by atoms with E-state index >= 15 is 0 Å². The van der Waals surface area contributed by atoms with Crippen LogP contribution in [-0.4, -0.2) is 0 Å². The maximum absolute atomic E-state index is 6.20. The van der Waals surface area contributed by atoms with Crippen molar-refractivity contribution in [1.29, 1.82) is 0 Å². The van der Waals surface area contributed by atoms with Crippen LogP contribution in [0.5, 0.6) is 0 Å². The second-order valence-corrected chi connectivity index (χ2v) is 15.6. The molecule has 0 aliphatic heterocycles. The Balaban J connectivity index is 1.02. The van der Waals surface area contributed by atoms with Crippen molar-refractivity contribution in [1.82, 2.24) is 0 Å². The van der Waals surface area contributed by atoms with E-state index in [0.717, 1.165) is 33.1 Å². The van der Waals surface area contributed by atoms with E-state index in [0.29, 0.717) is 0 Å². The van der Waals surface area contributed by atoms with E-state index in [1.165, 1.54) is 85.9 Å². The molecular weight excluding hydrogens is 685 g/mol. The van der Waals surface area contributed by atoms with Gasteiger partial charge in [0.2, 0.25) is 0 Å². The first-order chi connectivity index (χ1) is 27.1. The van der Waals surface area contributed by atoms with Crippen molar-refractivity contribution in [2.24, 2.45) is 0 Å². The fourth-order valence-electron chi connectivity index (χ4n) is 8.76. The molecule has 11 rings (SSSR count). The maximum atomic E-state index is 6.20. The number of thiophene rings is 1. The highest BCUT2D eigenvalue weighted by Crippen LogP contribution is 2.45. The van der Waals surface area contributed by atoms with Crippen molar-refractivity contribution < 1.29 is 4.42 Å². The predicted molar refractivity (Wildman–Crippen MR) is 239 cm³/mol.